The van der Waals surface area contributed by atoms with Crippen LogP contribution in [-0.2, 0) is 0 Å². The van der Waals surface area contributed by atoms with E-state index in [1.807, 2.05) is 62.5 Å². The molecule has 0 bridgehead atoms. The number of rotatable bonds is 6. The Labute approximate surface area is 215 Å². The molecule has 0 saturated carbocycles. The van der Waals surface area contributed by atoms with Gasteiger partial charge in [-0.25, -0.2) is 14.5 Å². The van der Waals surface area contributed by atoms with Gasteiger partial charge in [0.15, 0.2) is 5.82 Å². The summed E-state index contributed by atoms with van der Waals surface area (Å²) in [6, 6.07) is 18.1. The van der Waals surface area contributed by atoms with E-state index in [9.17, 15) is 9.90 Å². The highest BCUT2D eigenvalue weighted by Gasteiger charge is 2.21. The number of H-pyrrole nitrogens is 1. The zero-order valence-corrected chi connectivity index (χ0v) is 20.9. The van der Waals surface area contributed by atoms with Crippen molar-refractivity contribution in [2.45, 2.75) is 29.7 Å². The number of benzene rings is 2. The number of nitrogens with zero attached hydrogens (tertiary/aromatic N) is 5. The highest BCUT2D eigenvalue weighted by atomic mass is 32.2. The molecule has 3 N–H and O–H groups in total. The van der Waals surface area contributed by atoms with Crippen LogP contribution in [0.4, 0.5) is 5.82 Å². The second-order valence-electron chi connectivity index (χ2n) is 8.69. The Balaban J connectivity index is 1.45. The van der Waals surface area contributed by atoms with Crippen molar-refractivity contribution in [1.82, 2.24) is 29.1 Å². The van der Waals surface area contributed by atoms with Gasteiger partial charge in [-0.2, -0.15) is 5.10 Å². The third kappa shape index (κ3) is 4.11. The Morgan fingerprint density at radius 2 is 1.92 bits per heavy atom. The van der Waals surface area contributed by atoms with Crippen LogP contribution in [0.5, 0.6) is 5.75 Å². The van der Waals surface area contributed by atoms with Crippen LogP contribution >= 0.6 is 11.8 Å². The summed E-state index contributed by atoms with van der Waals surface area (Å²) < 4.78 is 3.29. The lowest BCUT2D eigenvalue weighted by Crippen LogP contribution is -2.29. The van der Waals surface area contributed by atoms with Crippen molar-refractivity contribution in [3.8, 4) is 11.4 Å². The molecular weight excluding hydrogens is 486 g/mol. The molecule has 1 atom stereocenters. The maximum absolute atomic E-state index is 13.7. The monoisotopic (exact) mass is 509 g/mol. The Kier molecular flexibility index (Phi) is 5.65. The van der Waals surface area contributed by atoms with E-state index in [2.05, 4.69) is 20.3 Å². The minimum Gasteiger partial charge on any atom is -0.508 e. The van der Waals surface area contributed by atoms with Gasteiger partial charge < -0.3 is 15.4 Å². The summed E-state index contributed by atoms with van der Waals surface area (Å²) in [7, 11) is 0. The molecule has 4 aromatic heterocycles. The number of anilines is 1. The Morgan fingerprint density at radius 1 is 1.08 bits per heavy atom. The number of aromatic hydroxyl groups is 1. The van der Waals surface area contributed by atoms with Crippen molar-refractivity contribution in [3.63, 3.8) is 0 Å². The Hall–Kier alpha value is -4.57. The van der Waals surface area contributed by atoms with Gasteiger partial charge in [-0.3, -0.25) is 9.36 Å². The number of phenols is 1. The molecule has 0 spiro atoms. The molecule has 10 heteroatoms. The van der Waals surface area contributed by atoms with Crippen LogP contribution < -0.4 is 10.9 Å². The van der Waals surface area contributed by atoms with Gasteiger partial charge in [0.05, 0.1) is 17.1 Å². The first-order valence-corrected chi connectivity index (χ1v) is 12.5. The third-order valence-corrected chi connectivity index (χ3v) is 7.18. The fourth-order valence-electron chi connectivity index (χ4n) is 4.41. The van der Waals surface area contributed by atoms with Crippen molar-refractivity contribution in [3.05, 3.63) is 101 Å². The van der Waals surface area contributed by atoms with E-state index >= 15 is 0 Å². The van der Waals surface area contributed by atoms with Crippen molar-refractivity contribution < 1.29 is 5.11 Å². The molecule has 184 valence electrons. The second kappa shape index (κ2) is 9.14. The van der Waals surface area contributed by atoms with Crippen molar-refractivity contribution in [2.24, 2.45) is 0 Å². The van der Waals surface area contributed by atoms with Crippen molar-refractivity contribution in [2.75, 3.05) is 5.32 Å². The fraction of sp³-hybridized carbons (Fsp3) is 0.111. The predicted molar refractivity (Wildman–Crippen MR) is 144 cm³/mol. The second-order valence-corrected chi connectivity index (χ2v) is 9.81. The molecule has 0 amide bonds. The first-order chi connectivity index (χ1) is 18.0. The molecule has 37 heavy (non-hydrogen) atoms. The van der Waals surface area contributed by atoms with Crippen LogP contribution in [0.1, 0.15) is 24.4 Å². The SMILES string of the molecule is Cc1ccn2nc([C@H](C)Nc3ncnc4[nH]cc(Sc5cccc(O)c5)c34)n(-c3ccccc3)c(=O)c12. The zero-order valence-electron chi connectivity index (χ0n) is 20.1. The molecule has 4 heterocycles. The number of fused-ring (bicyclic) bond motifs is 2. The maximum Gasteiger partial charge on any atom is 0.282 e. The molecule has 6 rings (SSSR count). The molecule has 0 aliphatic carbocycles. The van der Waals surface area contributed by atoms with E-state index in [0.29, 0.717) is 22.8 Å². The lowest BCUT2D eigenvalue weighted by atomic mass is 10.2. The number of hydrogen-bond donors (Lipinski definition) is 3. The number of aryl methyl sites for hydroxylation is 1. The predicted octanol–water partition coefficient (Wildman–Crippen LogP) is 5.09. The number of aromatic amines is 1. The minimum atomic E-state index is -0.383. The van der Waals surface area contributed by atoms with E-state index in [1.54, 1.807) is 33.5 Å². The fourth-order valence-corrected chi connectivity index (χ4v) is 5.40. The van der Waals surface area contributed by atoms with E-state index in [4.69, 9.17) is 5.10 Å². The summed E-state index contributed by atoms with van der Waals surface area (Å²) in [5.74, 6) is 1.36. The molecular formula is C27H23N7O2S. The van der Waals surface area contributed by atoms with E-state index in [-0.39, 0.29) is 17.4 Å². The molecule has 6 aromatic rings. The smallest absolute Gasteiger partial charge is 0.282 e. The summed E-state index contributed by atoms with van der Waals surface area (Å²) in [4.78, 5) is 27.6. The van der Waals surface area contributed by atoms with Crippen LogP contribution in [0.25, 0.3) is 22.2 Å². The highest BCUT2D eigenvalue weighted by Crippen LogP contribution is 2.37. The molecule has 2 aromatic carbocycles. The van der Waals surface area contributed by atoms with Crippen molar-refractivity contribution in [1.29, 1.82) is 0 Å². The minimum absolute atomic E-state index is 0.137. The number of nitrogens with one attached hydrogen (secondary N) is 2. The highest BCUT2D eigenvalue weighted by molar-refractivity contribution is 7.99. The number of phenolic OH excluding ortho intramolecular Hbond substituents is 1. The molecule has 0 unspecified atom stereocenters. The van der Waals surface area contributed by atoms with E-state index < -0.39 is 0 Å². The molecule has 0 aliphatic rings. The van der Waals surface area contributed by atoms with Gasteiger partial charge in [0.25, 0.3) is 5.56 Å². The third-order valence-electron chi connectivity index (χ3n) is 6.15. The summed E-state index contributed by atoms with van der Waals surface area (Å²) >= 11 is 1.50. The normalized spacial score (nSPS) is 12.3. The summed E-state index contributed by atoms with van der Waals surface area (Å²) in [6.07, 6.45) is 5.17. The van der Waals surface area contributed by atoms with Gasteiger partial charge in [0.2, 0.25) is 0 Å². The summed E-state index contributed by atoms with van der Waals surface area (Å²) in [5, 5.41) is 19.0. The van der Waals surface area contributed by atoms with Gasteiger partial charge in [-0.15, -0.1) is 0 Å². The molecule has 9 nitrogen and oxygen atoms in total. The Bertz CT molecular complexity index is 1810. The van der Waals surface area contributed by atoms with Gasteiger partial charge in [-0.1, -0.05) is 36.0 Å². The summed E-state index contributed by atoms with van der Waals surface area (Å²) in [5.41, 5.74) is 2.69. The van der Waals surface area contributed by atoms with E-state index in [1.165, 1.54) is 18.1 Å². The van der Waals surface area contributed by atoms with Crippen LogP contribution in [-0.4, -0.2) is 34.2 Å². The maximum atomic E-state index is 13.7. The quantitative estimate of drug-likeness (QED) is 0.286. The van der Waals surface area contributed by atoms with Crippen LogP contribution in [0.3, 0.4) is 0 Å². The molecule has 0 fully saturated rings. The topological polar surface area (TPSA) is 113 Å². The lowest BCUT2D eigenvalue weighted by Gasteiger charge is -2.20. The standard InChI is InChI=1S/C27H23N7O2S/c1-16-11-12-33-23(16)27(36)34(18-7-4-3-5-8-18)26(32-33)17(2)31-25-22-21(14-28-24(22)29-15-30-25)37-20-10-6-9-19(35)13-20/h3-15,17,35H,1-2H3,(H2,28,29,30,31)/t17-/m0/s1. The zero-order chi connectivity index (χ0) is 25.5. The van der Waals surface area contributed by atoms with E-state index in [0.717, 1.165) is 26.4 Å². The van der Waals surface area contributed by atoms with Gasteiger partial charge in [0, 0.05) is 22.2 Å². The summed E-state index contributed by atoms with van der Waals surface area (Å²) in [6.45, 7) is 3.86. The number of para-hydroxylation sites is 1. The number of aromatic nitrogens is 6. The molecule has 0 radical (unpaired) electrons. The van der Waals surface area contributed by atoms with Crippen molar-refractivity contribution >= 4 is 34.1 Å². The van der Waals surface area contributed by atoms with Gasteiger partial charge in [-0.05, 0) is 55.8 Å². The number of hydrogen-bond acceptors (Lipinski definition) is 7. The molecule has 0 aliphatic heterocycles. The lowest BCUT2D eigenvalue weighted by molar-refractivity contribution is 0.474. The van der Waals surface area contributed by atoms with Gasteiger partial charge in [0.1, 0.15) is 29.1 Å². The van der Waals surface area contributed by atoms with Crippen LogP contribution in [0, 0.1) is 6.92 Å². The molecule has 0 saturated heterocycles. The van der Waals surface area contributed by atoms with Crippen LogP contribution in [0.15, 0.2) is 94.0 Å². The largest absolute Gasteiger partial charge is 0.508 e. The average molecular weight is 510 g/mol. The average Bonchev–Trinajstić information content (AvgIpc) is 3.48. The van der Waals surface area contributed by atoms with Gasteiger partial charge >= 0.3 is 0 Å². The van der Waals surface area contributed by atoms with Crippen LogP contribution in [0.2, 0.25) is 0 Å². The first-order valence-electron chi connectivity index (χ1n) is 11.7. The Morgan fingerprint density at radius 3 is 2.73 bits per heavy atom. The first kappa shape index (κ1) is 22.9.